The molecule has 0 aliphatic heterocycles. The van der Waals surface area contributed by atoms with Gasteiger partial charge >= 0.3 is 0 Å². The summed E-state index contributed by atoms with van der Waals surface area (Å²) in [5.74, 6) is 0. The lowest BCUT2D eigenvalue weighted by Gasteiger charge is -2.45. The molecule has 1 aromatic carbocycles. The smallest absolute Gasteiger partial charge is 0.103 e. The largest absolute Gasteiger partial charge is 0.122 e. The molecule has 0 aromatic heterocycles. The summed E-state index contributed by atoms with van der Waals surface area (Å²) in [5.41, 5.74) is 1.23. The number of benzene rings is 1. The van der Waals surface area contributed by atoms with Crippen LogP contribution in [0.5, 0.6) is 0 Å². The lowest BCUT2D eigenvalue weighted by molar-refractivity contribution is 0.696. The molecule has 126 valence electrons. The van der Waals surface area contributed by atoms with E-state index in [4.69, 9.17) is 0 Å². The van der Waals surface area contributed by atoms with Crippen molar-refractivity contribution in [3.8, 4) is 0 Å². The highest BCUT2D eigenvalue weighted by Crippen LogP contribution is 2.45. The molecule has 0 nitrogen and oxygen atoms in total. The van der Waals surface area contributed by atoms with Gasteiger partial charge in [0.05, 0.1) is 0 Å². The second kappa shape index (κ2) is 8.84. The van der Waals surface area contributed by atoms with Gasteiger partial charge in [-0.2, -0.15) is 0 Å². The van der Waals surface area contributed by atoms with E-state index in [2.05, 4.69) is 87.7 Å². The van der Waals surface area contributed by atoms with E-state index in [0.29, 0.717) is 5.54 Å². The lowest BCUT2D eigenvalue weighted by atomic mass is 10.1. The molecule has 24 heavy (non-hydrogen) atoms. The maximum Gasteiger partial charge on any atom is 0.122 e. The first-order valence-electron chi connectivity index (χ1n) is 8.97. The summed E-state index contributed by atoms with van der Waals surface area (Å²) < 4.78 is 0. The van der Waals surface area contributed by atoms with Crippen molar-refractivity contribution in [1.82, 2.24) is 0 Å². The maximum absolute atomic E-state index is 4.18. The molecule has 1 heteroatoms. The third-order valence-corrected chi connectivity index (χ3v) is 11.7. The van der Waals surface area contributed by atoms with Crippen molar-refractivity contribution >= 4 is 13.3 Å². The molecular weight excluding hydrogens is 304 g/mol. The lowest BCUT2D eigenvalue weighted by Crippen LogP contribution is -2.56. The maximum atomic E-state index is 4.18. The van der Waals surface area contributed by atoms with Gasteiger partial charge < -0.3 is 0 Å². The van der Waals surface area contributed by atoms with E-state index in [1.807, 2.05) is 12.2 Å². The Hall–Kier alpha value is -1.86. The molecule has 3 unspecified atom stereocenters. The summed E-state index contributed by atoms with van der Waals surface area (Å²) >= 11 is 0. The van der Waals surface area contributed by atoms with Crippen molar-refractivity contribution in [2.45, 2.75) is 44.2 Å². The molecule has 1 aliphatic rings. The van der Waals surface area contributed by atoms with Gasteiger partial charge in [-0.1, -0.05) is 96.7 Å². The number of allylic oxidation sites excluding steroid dienone is 8. The van der Waals surface area contributed by atoms with E-state index in [0.717, 1.165) is 5.54 Å². The van der Waals surface area contributed by atoms with E-state index < -0.39 is 8.07 Å². The van der Waals surface area contributed by atoms with Crippen LogP contribution in [0.15, 0.2) is 91.2 Å². The first-order chi connectivity index (χ1) is 11.7. The molecule has 0 radical (unpaired) electrons. The van der Waals surface area contributed by atoms with E-state index >= 15 is 0 Å². The van der Waals surface area contributed by atoms with Crippen molar-refractivity contribution in [1.29, 1.82) is 0 Å². The Kier molecular flexibility index (Phi) is 6.81. The van der Waals surface area contributed by atoms with Gasteiger partial charge in [0.25, 0.3) is 0 Å². The summed E-state index contributed by atoms with van der Waals surface area (Å²) in [6.07, 6.45) is 18.9. The molecule has 0 heterocycles. The number of hydrogen-bond donors (Lipinski definition) is 0. The fourth-order valence-electron chi connectivity index (χ4n) is 4.30. The van der Waals surface area contributed by atoms with E-state index in [9.17, 15) is 0 Å². The number of hydrogen-bond acceptors (Lipinski definition) is 0. The summed E-state index contributed by atoms with van der Waals surface area (Å²) in [5, 5.41) is 3.08. The van der Waals surface area contributed by atoms with E-state index in [1.54, 1.807) is 10.4 Å². The highest BCUT2D eigenvalue weighted by atomic mass is 28.3. The van der Waals surface area contributed by atoms with Crippen LogP contribution in [-0.4, -0.2) is 8.07 Å². The Labute approximate surface area is 149 Å². The summed E-state index contributed by atoms with van der Waals surface area (Å²) in [4.78, 5) is 0. The Morgan fingerprint density at radius 2 is 1.92 bits per heavy atom. The Bertz CT molecular complexity index is 635. The minimum atomic E-state index is -1.92. The Morgan fingerprint density at radius 1 is 1.17 bits per heavy atom. The van der Waals surface area contributed by atoms with Crippen LogP contribution in [0.1, 0.15) is 33.1 Å². The van der Waals surface area contributed by atoms with Crippen molar-refractivity contribution in [2.75, 3.05) is 0 Å². The minimum absolute atomic E-state index is 0.504. The standard InChI is InChI=1S/C23H30Si/c1-5-7-10-15-21(4)24(20(3)6-2,22-16-11-8-12-17-22)23-18-13-9-14-19-23/h5-13,15-17,20,23H,1-2,14,18-19H2,3-4H3. The highest BCUT2D eigenvalue weighted by molar-refractivity contribution is 7.00. The zero-order valence-corrected chi connectivity index (χ0v) is 16.1. The van der Waals surface area contributed by atoms with Gasteiger partial charge in [0.1, 0.15) is 8.07 Å². The molecule has 0 saturated carbocycles. The second-order valence-corrected chi connectivity index (χ2v) is 11.5. The molecule has 1 aliphatic carbocycles. The van der Waals surface area contributed by atoms with Crippen LogP contribution in [0, 0.1) is 0 Å². The second-order valence-electron chi connectivity index (χ2n) is 6.71. The monoisotopic (exact) mass is 334 g/mol. The quantitative estimate of drug-likeness (QED) is 0.314. The summed E-state index contributed by atoms with van der Waals surface area (Å²) in [7, 11) is -1.92. The molecule has 0 amide bonds. The molecule has 0 spiro atoms. The van der Waals surface area contributed by atoms with Crippen molar-refractivity contribution in [3.05, 3.63) is 91.2 Å². The fourth-order valence-corrected chi connectivity index (χ4v) is 10.5. The Balaban J connectivity index is 2.65. The minimum Gasteiger partial charge on any atom is -0.103 e. The van der Waals surface area contributed by atoms with Gasteiger partial charge in [-0.3, -0.25) is 0 Å². The van der Waals surface area contributed by atoms with Gasteiger partial charge in [-0.25, -0.2) is 0 Å². The van der Waals surface area contributed by atoms with Gasteiger partial charge in [-0.15, -0.1) is 6.58 Å². The summed E-state index contributed by atoms with van der Waals surface area (Å²) in [6.45, 7) is 12.7. The predicted molar refractivity (Wildman–Crippen MR) is 111 cm³/mol. The van der Waals surface area contributed by atoms with Gasteiger partial charge in [0, 0.05) is 0 Å². The van der Waals surface area contributed by atoms with Gasteiger partial charge in [0.2, 0.25) is 0 Å². The molecule has 3 atom stereocenters. The molecule has 0 bridgehead atoms. The molecule has 0 fully saturated rings. The third-order valence-electron chi connectivity index (χ3n) is 5.48. The van der Waals surface area contributed by atoms with E-state index in [1.165, 1.54) is 19.3 Å². The van der Waals surface area contributed by atoms with E-state index in [-0.39, 0.29) is 0 Å². The van der Waals surface area contributed by atoms with Crippen LogP contribution >= 0.6 is 0 Å². The van der Waals surface area contributed by atoms with Crippen LogP contribution in [0.4, 0.5) is 0 Å². The van der Waals surface area contributed by atoms with Crippen LogP contribution in [0.2, 0.25) is 11.1 Å². The van der Waals surface area contributed by atoms with Gasteiger partial charge in [-0.05, 0) is 37.3 Å². The Morgan fingerprint density at radius 3 is 2.50 bits per heavy atom. The zero-order valence-electron chi connectivity index (χ0n) is 15.1. The van der Waals surface area contributed by atoms with Crippen LogP contribution in [-0.2, 0) is 0 Å². The normalized spacial score (nSPS) is 22.1. The first-order valence-corrected chi connectivity index (χ1v) is 11.1. The van der Waals surface area contributed by atoms with Crippen molar-refractivity contribution in [3.63, 3.8) is 0 Å². The molecule has 2 rings (SSSR count). The van der Waals surface area contributed by atoms with Crippen LogP contribution in [0.25, 0.3) is 0 Å². The molecule has 1 aromatic rings. The summed E-state index contributed by atoms with van der Waals surface area (Å²) in [6, 6.07) is 11.2. The molecule has 0 N–H and O–H groups in total. The predicted octanol–water partition coefficient (Wildman–Crippen LogP) is 6.26. The topological polar surface area (TPSA) is 0 Å². The van der Waals surface area contributed by atoms with Crippen LogP contribution < -0.4 is 5.19 Å². The molecule has 0 saturated heterocycles. The first kappa shape index (κ1) is 18.5. The van der Waals surface area contributed by atoms with Crippen LogP contribution in [0.3, 0.4) is 0 Å². The fraction of sp³-hybridized carbons (Fsp3) is 0.304. The SMILES string of the molecule is C=CC=CC=C(C)[Si](c1ccccc1)(C(C)C=C)C1CC=CCC1. The zero-order chi connectivity index (χ0) is 17.4. The average Bonchev–Trinajstić information content (AvgIpc) is 2.64. The van der Waals surface area contributed by atoms with Gasteiger partial charge in [0.15, 0.2) is 0 Å². The van der Waals surface area contributed by atoms with Crippen molar-refractivity contribution < 1.29 is 0 Å². The number of rotatable bonds is 7. The highest BCUT2D eigenvalue weighted by Gasteiger charge is 2.47. The van der Waals surface area contributed by atoms with Crippen molar-refractivity contribution in [2.24, 2.45) is 0 Å². The molecular formula is C23H30Si. The third kappa shape index (κ3) is 3.62. The average molecular weight is 335 g/mol.